The fourth-order valence-electron chi connectivity index (χ4n) is 0.815. The normalized spacial score (nSPS) is 9.31. The van der Waals surface area contributed by atoms with E-state index in [4.69, 9.17) is 4.74 Å². The Balaban J connectivity index is 2.17. The molecule has 4 heteroatoms. The number of nitrogens with zero attached hydrogens (tertiary/aromatic N) is 1. The van der Waals surface area contributed by atoms with Gasteiger partial charge in [-0.25, -0.2) is 4.98 Å². The van der Waals surface area contributed by atoms with Crippen LogP contribution in [0.25, 0.3) is 0 Å². The van der Waals surface area contributed by atoms with Crippen LogP contribution in [0, 0.1) is 0 Å². The number of hydrogen-bond donors (Lipinski definition) is 1. The van der Waals surface area contributed by atoms with E-state index in [2.05, 4.69) is 10.3 Å². The molecule has 0 fully saturated rings. The summed E-state index contributed by atoms with van der Waals surface area (Å²) < 4.78 is 5.23. The first kappa shape index (κ1) is 9.51. The average molecular weight is 180 g/mol. The third kappa shape index (κ3) is 4.10. The van der Waals surface area contributed by atoms with Crippen LogP contribution in [0.15, 0.2) is 24.4 Å². The molecule has 0 aliphatic rings. The van der Waals surface area contributed by atoms with E-state index in [1.165, 1.54) is 6.92 Å². The summed E-state index contributed by atoms with van der Waals surface area (Å²) >= 11 is 0. The van der Waals surface area contributed by atoms with Crippen LogP contribution in [0.5, 0.6) is 5.88 Å². The second-order valence-corrected chi connectivity index (χ2v) is 2.50. The van der Waals surface area contributed by atoms with Crippen molar-refractivity contribution in [2.24, 2.45) is 0 Å². The first-order chi connectivity index (χ1) is 6.29. The van der Waals surface area contributed by atoms with Crippen molar-refractivity contribution in [2.45, 2.75) is 6.92 Å². The SMILES string of the molecule is CC(=O)NCCOc1ccccn1. The highest BCUT2D eigenvalue weighted by Crippen LogP contribution is 2.01. The zero-order valence-corrected chi connectivity index (χ0v) is 7.49. The minimum absolute atomic E-state index is 0.0513. The minimum atomic E-state index is -0.0513. The van der Waals surface area contributed by atoms with Gasteiger partial charge in [-0.2, -0.15) is 0 Å². The van der Waals surface area contributed by atoms with Crippen LogP contribution >= 0.6 is 0 Å². The van der Waals surface area contributed by atoms with Crippen LogP contribution < -0.4 is 10.1 Å². The number of nitrogens with one attached hydrogen (secondary N) is 1. The minimum Gasteiger partial charge on any atom is -0.476 e. The van der Waals surface area contributed by atoms with Gasteiger partial charge in [0.15, 0.2) is 0 Å². The predicted octanol–water partition coefficient (Wildman–Crippen LogP) is 0.597. The molecule has 70 valence electrons. The monoisotopic (exact) mass is 180 g/mol. The fraction of sp³-hybridized carbons (Fsp3) is 0.333. The molecule has 1 N–H and O–H groups in total. The molecule has 0 aliphatic carbocycles. The summed E-state index contributed by atoms with van der Waals surface area (Å²) in [5.41, 5.74) is 0. The van der Waals surface area contributed by atoms with Gasteiger partial charge in [-0.05, 0) is 6.07 Å². The molecule has 0 atom stereocenters. The summed E-state index contributed by atoms with van der Waals surface area (Å²) in [6.07, 6.45) is 1.66. The Labute approximate surface area is 76.9 Å². The second kappa shape index (κ2) is 5.13. The summed E-state index contributed by atoms with van der Waals surface area (Å²) in [7, 11) is 0. The number of pyridine rings is 1. The third-order valence-electron chi connectivity index (χ3n) is 1.36. The summed E-state index contributed by atoms with van der Waals surface area (Å²) in [5, 5.41) is 2.62. The van der Waals surface area contributed by atoms with Crippen molar-refractivity contribution in [3.63, 3.8) is 0 Å². The van der Waals surface area contributed by atoms with Crippen molar-refractivity contribution in [1.29, 1.82) is 0 Å². The zero-order valence-electron chi connectivity index (χ0n) is 7.49. The lowest BCUT2D eigenvalue weighted by atomic mass is 10.5. The van der Waals surface area contributed by atoms with Gasteiger partial charge in [0.05, 0.1) is 6.54 Å². The topological polar surface area (TPSA) is 51.2 Å². The number of carbonyl (C=O) groups excluding carboxylic acids is 1. The number of carbonyl (C=O) groups is 1. The van der Waals surface area contributed by atoms with Gasteiger partial charge in [-0.15, -0.1) is 0 Å². The van der Waals surface area contributed by atoms with Crippen LogP contribution in [0.4, 0.5) is 0 Å². The van der Waals surface area contributed by atoms with Gasteiger partial charge in [0.25, 0.3) is 0 Å². The molecule has 0 saturated heterocycles. The molecule has 1 amide bonds. The Kier molecular flexibility index (Phi) is 3.75. The Morgan fingerprint density at radius 3 is 3.08 bits per heavy atom. The summed E-state index contributed by atoms with van der Waals surface area (Å²) in [5.74, 6) is 0.525. The van der Waals surface area contributed by atoms with Crippen molar-refractivity contribution in [3.05, 3.63) is 24.4 Å². The summed E-state index contributed by atoms with van der Waals surface area (Å²) in [6, 6.07) is 5.44. The van der Waals surface area contributed by atoms with E-state index in [1.807, 2.05) is 12.1 Å². The van der Waals surface area contributed by atoms with Gasteiger partial charge in [0.1, 0.15) is 6.61 Å². The zero-order chi connectivity index (χ0) is 9.52. The van der Waals surface area contributed by atoms with Crippen LogP contribution in [-0.2, 0) is 4.79 Å². The molecule has 1 rings (SSSR count). The molecule has 1 aromatic heterocycles. The standard InChI is InChI=1S/C9H12N2O2/c1-8(12)10-6-7-13-9-4-2-3-5-11-9/h2-5H,6-7H2,1H3,(H,10,12). The smallest absolute Gasteiger partial charge is 0.216 e. The van der Waals surface area contributed by atoms with E-state index in [-0.39, 0.29) is 5.91 Å². The highest BCUT2D eigenvalue weighted by molar-refractivity contribution is 5.72. The van der Waals surface area contributed by atoms with Gasteiger partial charge in [0.2, 0.25) is 11.8 Å². The average Bonchev–Trinajstić information content (AvgIpc) is 2.14. The Morgan fingerprint density at radius 2 is 2.46 bits per heavy atom. The highest BCUT2D eigenvalue weighted by Gasteiger charge is 1.93. The molecule has 0 aliphatic heterocycles. The molecule has 1 heterocycles. The van der Waals surface area contributed by atoms with Crippen molar-refractivity contribution < 1.29 is 9.53 Å². The molecule has 0 aromatic carbocycles. The van der Waals surface area contributed by atoms with Gasteiger partial charge < -0.3 is 10.1 Å². The molecule has 4 nitrogen and oxygen atoms in total. The number of hydrogen-bond acceptors (Lipinski definition) is 3. The molecule has 0 radical (unpaired) electrons. The van der Waals surface area contributed by atoms with Crippen LogP contribution in [0.1, 0.15) is 6.92 Å². The molecule has 0 unspecified atom stereocenters. The van der Waals surface area contributed by atoms with E-state index >= 15 is 0 Å². The fourth-order valence-corrected chi connectivity index (χ4v) is 0.815. The maximum Gasteiger partial charge on any atom is 0.216 e. The van der Waals surface area contributed by atoms with E-state index < -0.39 is 0 Å². The van der Waals surface area contributed by atoms with Gasteiger partial charge in [-0.1, -0.05) is 6.07 Å². The van der Waals surface area contributed by atoms with Gasteiger partial charge in [0, 0.05) is 19.2 Å². The Hall–Kier alpha value is -1.58. The van der Waals surface area contributed by atoms with Crippen LogP contribution in [0.2, 0.25) is 0 Å². The maximum absolute atomic E-state index is 10.5. The first-order valence-electron chi connectivity index (χ1n) is 4.07. The predicted molar refractivity (Wildman–Crippen MR) is 48.4 cm³/mol. The van der Waals surface area contributed by atoms with E-state index in [0.717, 1.165) is 0 Å². The molecular formula is C9H12N2O2. The lowest BCUT2D eigenvalue weighted by molar-refractivity contribution is -0.119. The number of rotatable bonds is 4. The first-order valence-corrected chi connectivity index (χ1v) is 4.07. The van der Waals surface area contributed by atoms with Crippen molar-refractivity contribution in [1.82, 2.24) is 10.3 Å². The third-order valence-corrected chi connectivity index (χ3v) is 1.36. The molecule has 0 saturated carbocycles. The lowest BCUT2D eigenvalue weighted by Crippen LogP contribution is -2.25. The molecule has 0 bridgehead atoms. The quantitative estimate of drug-likeness (QED) is 0.690. The van der Waals surface area contributed by atoms with Crippen LogP contribution in [-0.4, -0.2) is 24.0 Å². The Bertz CT molecular complexity index is 262. The molecule has 1 aromatic rings. The van der Waals surface area contributed by atoms with E-state index in [0.29, 0.717) is 19.0 Å². The van der Waals surface area contributed by atoms with Gasteiger partial charge >= 0.3 is 0 Å². The highest BCUT2D eigenvalue weighted by atomic mass is 16.5. The number of amides is 1. The van der Waals surface area contributed by atoms with E-state index in [1.54, 1.807) is 12.3 Å². The van der Waals surface area contributed by atoms with E-state index in [9.17, 15) is 4.79 Å². The van der Waals surface area contributed by atoms with Crippen molar-refractivity contribution >= 4 is 5.91 Å². The molecular weight excluding hydrogens is 168 g/mol. The molecule has 0 spiro atoms. The summed E-state index contributed by atoms with van der Waals surface area (Å²) in [6.45, 7) is 2.42. The largest absolute Gasteiger partial charge is 0.476 e. The van der Waals surface area contributed by atoms with Crippen molar-refractivity contribution in [3.8, 4) is 5.88 Å². The number of ether oxygens (including phenoxy) is 1. The van der Waals surface area contributed by atoms with Crippen molar-refractivity contribution in [2.75, 3.05) is 13.2 Å². The van der Waals surface area contributed by atoms with Gasteiger partial charge in [-0.3, -0.25) is 4.79 Å². The van der Waals surface area contributed by atoms with Crippen LogP contribution in [0.3, 0.4) is 0 Å². The lowest BCUT2D eigenvalue weighted by Gasteiger charge is -2.04. The maximum atomic E-state index is 10.5. The summed E-state index contributed by atoms with van der Waals surface area (Å²) in [4.78, 5) is 14.4. The molecule has 13 heavy (non-hydrogen) atoms. The Morgan fingerprint density at radius 1 is 1.62 bits per heavy atom. The second-order valence-electron chi connectivity index (χ2n) is 2.50. The number of aromatic nitrogens is 1.